The summed E-state index contributed by atoms with van der Waals surface area (Å²) in [6, 6.07) is 5.87. The van der Waals surface area contributed by atoms with E-state index in [4.69, 9.17) is 0 Å². The first kappa shape index (κ1) is 8.05. The lowest BCUT2D eigenvalue weighted by Gasteiger charge is -2.11. The summed E-state index contributed by atoms with van der Waals surface area (Å²) < 4.78 is 0. The Labute approximate surface area is 77.5 Å². The fraction of sp³-hybridized carbons (Fsp3) is 0.182. The molecule has 1 aliphatic rings. The molecule has 0 saturated heterocycles. The minimum Gasteiger partial charge on any atom is -0.341 e. The van der Waals surface area contributed by atoms with E-state index in [0.717, 1.165) is 16.8 Å². The van der Waals surface area contributed by atoms with E-state index in [0.29, 0.717) is 5.70 Å². The summed E-state index contributed by atoms with van der Waals surface area (Å²) in [6.45, 7) is 5.72. The highest BCUT2D eigenvalue weighted by Gasteiger charge is 2.27. The van der Waals surface area contributed by atoms with Gasteiger partial charge in [-0.3, -0.25) is 4.79 Å². The molecule has 2 nitrogen and oxygen atoms in total. The molecule has 1 aromatic rings. The van der Waals surface area contributed by atoms with E-state index < -0.39 is 0 Å². The third-order valence-corrected chi connectivity index (χ3v) is 2.43. The lowest BCUT2D eigenvalue weighted by molar-refractivity contribution is 0.104. The first-order chi connectivity index (χ1) is 6.11. The molecule has 0 unspecified atom stereocenters. The number of nitrogens with zero attached hydrogens (tertiary/aromatic N) is 1. The molecule has 0 saturated carbocycles. The van der Waals surface area contributed by atoms with Gasteiger partial charge in [0.1, 0.15) is 0 Å². The summed E-state index contributed by atoms with van der Waals surface area (Å²) >= 11 is 0. The third kappa shape index (κ3) is 0.985. The van der Waals surface area contributed by atoms with Crippen molar-refractivity contribution in [2.75, 3.05) is 11.9 Å². The number of aryl methyl sites for hydroxylation is 1. The summed E-state index contributed by atoms with van der Waals surface area (Å²) in [5.41, 5.74) is 3.39. The van der Waals surface area contributed by atoms with Crippen molar-refractivity contribution in [3.8, 4) is 0 Å². The number of benzene rings is 1. The topological polar surface area (TPSA) is 20.3 Å². The Morgan fingerprint density at radius 1 is 1.38 bits per heavy atom. The molecule has 1 heterocycles. The highest BCUT2D eigenvalue weighted by Crippen LogP contribution is 2.32. The summed E-state index contributed by atoms with van der Waals surface area (Å²) in [7, 11) is 1.86. The summed E-state index contributed by atoms with van der Waals surface area (Å²) in [6.07, 6.45) is 0. The van der Waals surface area contributed by atoms with Crippen LogP contribution >= 0.6 is 0 Å². The predicted octanol–water partition coefficient (Wildman–Crippen LogP) is 2.14. The molecule has 0 aliphatic carbocycles. The number of carbonyl (C=O) groups is 1. The van der Waals surface area contributed by atoms with Gasteiger partial charge in [-0.15, -0.1) is 0 Å². The smallest absolute Gasteiger partial charge is 0.210 e. The van der Waals surface area contributed by atoms with Crippen molar-refractivity contribution in [3.63, 3.8) is 0 Å². The number of carbonyl (C=O) groups excluding carboxylic acids is 1. The van der Waals surface area contributed by atoms with Crippen molar-refractivity contribution in [1.29, 1.82) is 0 Å². The van der Waals surface area contributed by atoms with E-state index in [1.165, 1.54) is 0 Å². The van der Waals surface area contributed by atoms with Gasteiger partial charge in [0, 0.05) is 12.6 Å². The molecule has 13 heavy (non-hydrogen) atoms. The van der Waals surface area contributed by atoms with E-state index in [1.807, 2.05) is 37.1 Å². The van der Waals surface area contributed by atoms with Crippen LogP contribution in [0.5, 0.6) is 0 Å². The van der Waals surface area contributed by atoms with Crippen LogP contribution in [0.4, 0.5) is 5.69 Å². The van der Waals surface area contributed by atoms with Gasteiger partial charge in [-0.05, 0) is 19.1 Å². The molecular weight excluding hydrogens is 162 g/mol. The molecule has 0 amide bonds. The van der Waals surface area contributed by atoms with Gasteiger partial charge in [0.05, 0.1) is 11.4 Å². The van der Waals surface area contributed by atoms with Crippen molar-refractivity contribution in [2.45, 2.75) is 6.92 Å². The fourth-order valence-electron chi connectivity index (χ4n) is 1.58. The standard InChI is InChI=1S/C11H11NO/c1-7-4-5-10-9(6-7)11(13)8(2)12(10)3/h4-6H,2H2,1,3H3. The van der Waals surface area contributed by atoms with Crippen LogP contribution in [-0.4, -0.2) is 12.8 Å². The van der Waals surface area contributed by atoms with Crippen LogP contribution < -0.4 is 4.90 Å². The second-order valence-corrected chi connectivity index (χ2v) is 3.36. The minimum atomic E-state index is 0.0428. The molecule has 0 fully saturated rings. The van der Waals surface area contributed by atoms with Crippen LogP contribution in [0.1, 0.15) is 15.9 Å². The van der Waals surface area contributed by atoms with Gasteiger partial charge in [-0.25, -0.2) is 0 Å². The van der Waals surface area contributed by atoms with Crippen molar-refractivity contribution >= 4 is 11.5 Å². The molecule has 0 radical (unpaired) electrons. The zero-order chi connectivity index (χ0) is 9.59. The number of allylic oxidation sites excluding steroid dienone is 1. The van der Waals surface area contributed by atoms with Crippen molar-refractivity contribution in [2.24, 2.45) is 0 Å². The van der Waals surface area contributed by atoms with Crippen LogP contribution in [0, 0.1) is 6.92 Å². The van der Waals surface area contributed by atoms with Gasteiger partial charge in [-0.2, -0.15) is 0 Å². The molecule has 1 aliphatic heterocycles. The highest BCUT2D eigenvalue weighted by atomic mass is 16.1. The first-order valence-electron chi connectivity index (χ1n) is 4.19. The molecule has 0 atom stereocenters. The number of rotatable bonds is 0. The Bertz CT molecular complexity index is 407. The molecule has 2 heteroatoms. The molecule has 2 rings (SSSR count). The Morgan fingerprint density at radius 3 is 2.77 bits per heavy atom. The Balaban J connectivity index is 2.67. The van der Waals surface area contributed by atoms with E-state index >= 15 is 0 Å². The number of anilines is 1. The van der Waals surface area contributed by atoms with Crippen LogP contribution in [0.2, 0.25) is 0 Å². The first-order valence-corrected chi connectivity index (χ1v) is 4.19. The van der Waals surface area contributed by atoms with Gasteiger partial charge < -0.3 is 4.90 Å². The third-order valence-electron chi connectivity index (χ3n) is 2.43. The van der Waals surface area contributed by atoms with Gasteiger partial charge in [0.2, 0.25) is 5.78 Å². The molecule has 1 aromatic carbocycles. The molecule has 0 bridgehead atoms. The van der Waals surface area contributed by atoms with E-state index in [9.17, 15) is 4.79 Å². The van der Waals surface area contributed by atoms with Gasteiger partial charge in [0.25, 0.3) is 0 Å². The zero-order valence-corrected chi connectivity index (χ0v) is 7.79. The van der Waals surface area contributed by atoms with Crippen LogP contribution in [-0.2, 0) is 0 Å². The SMILES string of the molecule is C=C1C(=O)c2cc(C)ccc2N1C. The van der Waals surface area contributed by atoms with Crippen molar-refractivity contribution < 1.29 is 4.79 Å². The number of ketones is 1. The number of hydrogen-bond donors (Lipinski definition) is 0. The maximum absolute atomic E-state index is 11.6. The second kappa shape index (κ2) is 2.46. The summed E-state index contributed by atoms with van der Waals surface area (Å²) in [5, 5.41) is 0. The monoisotopic (exact) mass is 173 g/mol. The Kier molecular flexibility index (Phi) is 1.52. The molecule has 0 N–H and O–H groups in total. The highest BCUT2D eigenvalue weighted by molar-refractivity contribution is 6.18. The van der Waals surface area contributed by atoms with Gasteiger partial charge in [-0.1, -0.05) is 18.2 Å². The van der Waals surface area contributed by atoms with E-state index in [2.05, 4.69) is 6.58 Å². The average molecular weight is 173 g/mol. The molecular formula is C11H11NO. The van der Waals surface area contributed by atoms with Crippen LogP contribution in [0.15, 0.2) is 30.5 Å². The van der Waals surface area contributed by atoms with Crippen LogP contribution in [0.25, 0.3) is 0 Å². The zero-order valence-electron chi connectivity index (χ0n) is 7.79. The van der Waals surface area contributed by atoms with E-state index in [1.54, 1.807) is 0 Å². The fourth-order valence-corrected chi connectivity index (χ4v) is 1.58. The van der Waals surface area contributed by atoms with Crippen molar-refractivity contribution in [3.05, 3.63) is 41.6 Å². The maximum Gasteiger partial charge on any atom is 0.210 e. The largest absolute Gasteiger partial charge is 0.341 e. The normalized spacial score (nSPS) is 15.1. The summed E-state index contributed by atoms with van der Waals surface area (Å²) in [5.74, 6) is 0.0428. The van der Waals surface area contributed by atoms with E-state index in [-0.39, 0.29) is 5.78 Å². The molecule has 0 aromatic heterocycles. The molecule has 66 valence electrons. The predicted molar refractivity (Wildman–Crippen MR) is 53.1 cm³/mol. The number of Topliss-reactive ketones (excluding diaryl/α,β-unsaturated/α-hetero) is 1. The van der Waals surface area contributed by atoms with Gasteiger partial charge in [0.15, 0.2) is 0 Å². The Morgan fingerprint density at radius 2 is 2.08 bits per heavy atom. The Hall–Kier alpha value is -1.57. The number of likely N-dealkylation sites (N-methyl/N-ethyl adjacent to an activating group) is 1. The lowest BCUT2D eigenvalue weighted by atomic mass is 10.1. The lowest BCUT2D eigenvalue weighted by Crippen LogP contribution is -2.12. The second-order valence-electron chi connectivity index (χ2n) is 3.36. The molecule has 0 spiro atoms. The number of fused-ring (bicyclic) bond motifs is 1. The summed E-state index contributed by atoms with van der Waals surface area (Å²) in [4.78, 5) is 13.4. The minimum absolute atomic E-state index is 0.0428. The average Bonchev–Trinajstić information content (AvgIpc) is 2.32. The van der Waals surface area contributed by atoms with Crippen LogP contribution in [0.3, 0.4) is 0 Å². The van der Waals surface area contributed by atoms with Gasteiger partial charge >= 0.3 is 0 Å². The quantitative estimate of drug-likeness (QED) is 0.560. The number of hydrogen-bond acceptors (Lipinski definition) is 2. The van der Waals surface area contributed by atoms with Crippen molar-refractivity contribution in [1.82, 2.24) is 0 Å². The maximum atomic E-state index is 11.6.